The maximum absolute atomic E-state index is 3.71. The molecule has 0 atom stereocenters. The third-order valence-corrected chi connectivity index (χ3v) is 2.14. The van der Waals surface area contributed by atoms with Crippen LogP contribution in [0.3, 0.4) is 0 Å². The highest BCUT2D eigenvalue weighted by Gasteiger charge is 2.03. The molecule has 1 aromatic rings. The Morgan fingerprint density at radius 1 is 1.08 bits per heavy atom. The molecule has 2 nitrogen and oxygen atoms in total. The number of aromatic nitrogens is 1. The molecule has 1 fully saturated rings. The summed E-state index contributed by atoms with van der Waals surface area (Å²) < 4.78 is 0. The highest BCUT2D eigenvalue weighted by molar-refractivity contribution is 4.84. The standard InChI is InChI=1S/C7H13N.C4H5N/c1-2-8-6-4-3-5-7-8;1-2-4-5-3-1/h2H,1,3-7H2;1-5H. The minimum absolute atomic E-state index is 1.23. The van der Waals surface area contributed by atoms with Crippen molar-refractivity contribution in [1.82, 2.24) is 9.88 Å². The maximum Gasteiger partial charge on any atom is 0.0172 e. The van der Waals surface area contributed by atoms with Gasteiger partial charge in [0.25, 0.3) is 0 Å². The Kier molecular flexibility index (Phi) is 4.84. The van der Waals surface area contributed by atoms with Gasteiger partial charge in [0.1, 0.15) is 0 Å². The molecule has 0 saturated carbocycles. The van der Waals surface area contributed by atoms with Crippen molar-refractivity contribution in [2.24, 2.45) is 0 Å². The molecule has 1 aliphatic heterocycles. The summed E-state index contributed by atoms with van der Waals surface area (Å²) in [6.07, 6.45) is 9.81. The molecule has 0 bridgehead atoms. The Labute approximate surface area is 80.3 Å². The predicted octanol–water partition coefficient (Wildman–Crippen LogP) is 2.63. The number of rotatable bonds is 1. The number of H-pyrrole nitrogens is 1. The molecule has 0 radical (unpaired) electrons. The quantitative estimate of drug-likeness (QED) is 0.700. The van der Waals surface area contributed by atoms with E-state index < -0.39 is 0 Å². The maximum atomic E-state index is 3.71. The lowest BCUT2D eigenvalue weighted by atomic mass is 10.1. The van der Waals surface area contributed by atoms with Crippen LogP contribution in [0.2, 0.25) is 0 Å². The second-order valence-electron chi connectivity index (χ2n) is 3.16. The Morgan fingerprint density at radius 3 is 2.00 bits per heavy atom. The molecule has 1 N–H and O–H groups in total. The highest BCUT2D eigenvalue weighted by Crippen LogP contribution is 2.07. The van der Waals surface area contributed by atoms with Gasteiger partial charge in [0.05, 0.1) is 0 Å². The van der Waals surface area contributed by atoms with Crippen molar-refractivity contribution in [3.63, 3.8) is 0 Å². The molecule has 0 aliphatic carbocycles. The first-order chi connectivity index (χ1) is 6.43. The van der Waals surface area contributed by atoms with Gasteiger partial charge in [-0.2, -0.15) is 0 Å². The van der Waals surface area contributed by atoms with Crippen LogP contribution in [0, 0.1) is 0 Å². The summed E-state index contributed by atoms with van der Waals surface area (Å²) in [6.45, 7) is 6.16. The zero-order valence-corrected chi connectivity index (χ0v) is 8.08. The molecule has 0 aromatic carbocycles. The molecule has 2 heterocycles. The summed E-state index contributed by atoms with van der Waals surface area (Å²) in [4.78, 5) is 5.14. The molecule has 2 rings (SSSR count). The van der Waals surface area contributed by atoms with E-state index in [1.807, 2.05) is 30.7 Å². The molecule has 1 saturated heterocycles. The van der Waals surface area contributed by atoms with E-state index in [1.54, 1.807) is 0 Å². The van der Waals surface area contributed by atoms with Gasteiger partial charge in [-0.15, -0.1) is 0 Å². The van der Waals surface area contributed by atoms with E-state index in [2.05, 4.69) is 16.5 Å². The van der Waals surface area contributed by atoms with Gasteiger partial charge in [-0.1, -0.05) is 6.58 Å². The molecule has 0 unspecified atom stereocenters. The largest absolute Gasteiger partial charge is 0.378 e. The van der Waals surface area contributed by atoms with E-state index >= 15 is 0 Å². The second kappa shape index (κ2) is 6.35. The zero-order chi connectivity index (χ0) is 9.36. The van der Waals surface area contributed by atoms with Crippen molar-refractivity contribution in [2.75, 3.05) is 13.1 Å². The Bertz CT molecular complexity index is 181. The first kappa shape index (κ1) is 9.90. The normalized spacial score (nSPS) is 15.8. The van der Waals surface area contributed by atoms with Crippen LogP contribution in [0.25, 0.3) is 0 Å². The number of likely N-dealkylation sites (tertiary alicyclic amines) is 1. The smallest absolute Gasteiger partial charge is 0.0172 e. The summed E-state index contributed by atoms with van der Waals surface area (Å²) in [6, 6.07) is 3.89. The van der Waals surface area contributed by atoms with E-state index in [1.165, 1.54) is 32.4 Å². The lowest BCUT2D eigenvalue weighted by molar-refractivity contribution is 0.310. The number of nitrogens with zero attached hydrogens (tertiary/aromatic N) is 1. The number of hydrogen-bond donors (Lipinski definition) is 1. The highest BCUT2D eigenvalue weighted by atomic mass is 15.1. The summed E-state index contributed by atoms with van der Waals surface area (Å²) >= 11 is 0. The summed E-state index contributed by atoms with van der Waals surface area (Å²) in [5.74, 6) is 0. The van der Waals surface area contributed by atoms with Crippen molar-refractivity contribution >= 4 is 0 Å². The SMILES string of the molecule is C=CN1CCCCC1.c1cc[nH]c1. The van der Waals surface area contributed by atoms with Crippen LogP contribution in [0.5, 0.6) is 0 Å². The van der Waals surface area contributed by atoms with Crippen LogP contribution in [-0.4, -0.2) is 23.0 Å². The van der Waals surface area contributed by atoms with Gasteiger partial charge >= 0.3 is 0 Å². The average molecular weight is 178 g/mol. The van der Waals surface area contributed by atoms with Crippen LogP contribution >= 0.6 is 0 Å². The monoisotopic (exact) mass is 178 g/mol. The summed E-state index contributed by atoms with van der Waals surface area (Å²) in [7, 11) is 0. The fraction of sp³-hybridized carbons (Fsp3) is 0.455. The van der Waals surface area contributed by atoms with Crippen molar-refractivity contribution in [3.8, 4) is 0 Å². The van der Waals surface area contributed by atoms with Gasteiger partial charge in [0, 0.05) is 25.5 Å². The Morgan fingerprint density at radius 2 is 1.69 bits per heavy atom. The third kappa shape index (κ3) is 4.41. The van der Waals surface area contributed by atoms with Gasteiger partial charge in [-0.3, -0.25) is 0 Å². The lowest BCUT2D eigenvalue weighted by Crippen LogP contribution is -2.23. The van der Waals surface area contributed by atoms with Crippen LogP contribution in [0.1, 0.15) is 19.3 Å². The Hall–Kier alpha value is -1.18. The first-order valence-electron chi connectivity index (χ1n) is 4.88. The van der Waals surface area contributed by atoms with Gasteiger partial charge in [-0.05, 0) is 37.6 Å². The van der Waals surface area contributed by atoms with Crippen molar-refractivity contribution in [1.29, 1.82) is 0 Å². The second-order valence-corrected chi connectivity index (χ2v) is 3.16. The minimum Gasteiger partial charge on any atom is -0.378 e. The van der Waals surface area contributed by atoms with E-state index in [0.717, 1.165) is 0 Å². The number of piperidine rings is 1. The van der Waals surface area contributed by atoms with Crippen LogP contribution in [0.15, 0.2) is 37.3 Å². The van der Waals surface area contributed by atoms with E-state index in [4.69, 9.17) is 0 Å². The molecule has 2 heteroatoms. The van der Waals surface area contributed by atoms with Crippen molar-refractivity contribution in [3.05, 3.63) is 37.3 Å². The molecule has 0 spiro atoms. The van der Waals surface area contributed by atoms with Crippen molar-refractivity contribution in [2.45, 2.75) is 19.3 Å². The molecular formula is C11H18N2. The van der Waals surface area contributed by atoms with Crippen LogP contribution < -0.4 is 0 Å². The topological polar surface area (TPSA) is 19.0 Å². The fourth-order valence-electron chi connectivity index (χ4n) is 1.38. The molecule has 72 valence electrons. The predicted molar refractivity (Wildman–Crippen MR) is 56.4 cm³/mol. The summed E-state index contributed by atoms with van der Waals surface area (Å²) in [5, 5.41) is 0. The van der Waals surface area contributed by atoms with Gasteiger partial charge in [0.2, 0.25) is 0 Å². The molecule has 1 aliphatic rings. The lowest BCUT2D eigenvalue weighted by Gasteiger charge is -2.23. The fourth-order valence-corrected chi connectivity index (χ4v) is 1.38. The molecule has 0 amide bonds. The van der Waals surface area contributed by atoms with Crippen LogP contribution in [0.4, 0.5) is 0 Å². The first-order valence-corrected chi connectivity index (χ1v) is 4.88. The zero-order valence-electron chi connectivity index (χ0n) is 8.08. The van der Waals surface area contributed by atoms with Gasteiger partial charge < -0.3 is 9.88 Å². The number of nitrogens with one attached hydrogen (secondary N) is 1. The van der Waals surface area contributed by atoms with E-state index in [9.17, 15) is 0 Å². The molecule has 13 heavy (non-hydrogen) atoms. The van der Waals surface area contributed by atoms with E-state index in [-0.39, 0.29) is 0 Å². The minimum atomic E-state index is 1.23. The van der Waals surface area contributed by atoms with E-state index in [0.29, 0.717) is 0 Å². The van der Waals surface area contributed by atoms with Crippen LogP contribution in [-0.2, 0) is 0 Å². The van der Waals surface area contributed by atoms with Crippen molar-refractivity contribution < 1.29 is 0 Å². The number of hydrogen-bond acceptors (Lipinski definition) is 1. The average Bonchev–Trinajstić information content (AvgIpc) is 2.77. The van der Waals surface area contributed by atoms with Gasteiger partial charge in [-0.25, -0.2) is 0 Å². The summed E-state index contributed by atoms with van der Waals surface area (Å²) in [5.41, 5.74) is 0. The molecule has 1 aromatic heterocycles. The molecular weight excluding hydrogens is 160 g/mol. The number of aromatic amines is 1. The Balaban J connectivity index is 0.000000145. The van der Waals surface area contributed by atoms with Gasteiger partial charge in [0.15, 0.2) is 0 Å². The third-order valence-electron chi connectivity index (χ3n) is 2.14.